The number of urea groups is 2. The standard InChI is InChI=1S/C34H42N4O2/c39-33(35-29-16-5-1-6-17-29)37(31-20-9-3-10-21-31)25-27-14-13-15-28(24-27)26-38(32-22-11-4-12-23-32)34(40)36-30-18-7-2-8-19-30/h1-2,5-8,13-19,24,31-32H,3-4,9-12,20-23,25-26H2,(H,35,39)(H,36,40). The van der Waals surface area contributed by atoms with Crippen LogP contribution in [0.4, 0.5) is 21.0 Å². The van der Waals surface area contributed by atoms with Crippen molar-refractivity contribution in [1.29, 1.82) is 0 Å². The highest BCUT2D eigenvalue weighted by molar-refractivity contribution is 5.90. The van der Waals surface area contributed by atoms with Crippen LogP contribution in [0.2, 0.25) is 0 Å². The molecule has 0 bridgehead atoms. The Bertz CT molecular complexity index is 1130. The Balaban J connectivity index is 1.32. The van der Waals surface area contributed by atoms with E-state index in [2.05, 4.69) is 34.9 Å². The zero-order valence-corrected chi connectivity index (χ0v) is 23.4. The fraction of sp³-hybridized carbons (Fsp3) is 0.412. The molecule has 0 aliphatic heterocycles. The summed E-state index contributed by atoms with van der Waals surface area (Å²) in [6.07, 6.45) is 11.3. The van der Waals surface area contributed by atoms with Crippen LogP contribution in [0, 0.1) is 0 Å². The molecular weight excluding hydrogens is 496 g/mol. The molecular formula is C34H42N4O2. The number of benzene rings is 3. The molecule has 2 N–H and O–H groups in total. The molecule has 0 saturated heterocycles. The number of hydrogen-bond donors (Lipinski definition) is 2. The largest absolute Gasteiger partial charge is 0.322 e. The molecule has 0 spiro atoms. The van der Waals surface area contributed by atoms with Gasteiger partial charge in [0.1, 0.15) is 0 Å². The van der Waals surface area contributed by atoms with Crippen LogP contribution in [0.3, 0.4) is 0 Å². The van der Waals surface area contributed by atoms with E-state index < -0.39 is 0 Å². The molecule has 2 saturated carbocycles. The molecule has 0 radical (unpaired) electrons. The van der Waals surface area contributed by atoms with Crippen molar-refractivity contribution in [3.63, 3.8) is 0 Å². The number of carbonyl (C=O) groups excluding carboxylic acids is 2. The Morgan fingerprint density at radius 3 is 1.35 bits per heavy atom. The van der Waals surface area contributed by atoms with Crippen LogP contribution in [-0.4, -0.2) is 33.9 Å². The number of rotatable bonds is 8. The summed E-state index contributed by atoms with van der Waals surface area (Å²) in [5.74, 6) is 0. The number of nitrogens with zero attached hydrogens (tertiary/aromatic N) is 2. The number of carbonyl (C=O) groups is 2. The van der Waals surface area contributed by atoms with Crippen LogP contribution in [0.5, 0.6) is 0 Å². The Morgan fingerprint density at radius 2 is 0.950 bits per heavy atom. The SMILES string of the molecule is O=C(Nc1ccccc1)N(Cc1cccc(CN(C(=O)Nc2ccccc2)C2CCCCC2)c1)C1CCCCC1. The molecule has 4 amide bonds. The maximum absolute atomic E-state index is 13.5. The fourth-order valence-corrected chi connectivity index (χ4v) is 6.17. The van der Waals surface area contributed by atoms with Gasteiger partial charge in [-0.05, 0) is 61.1 Å². The summed E-state index contributed by atoms with van der Waals surface area (Å²) in [7, 11) is 0. The van der Waals surface area contributed by atoms with Gasteiger partial charge in [-0.25, -0.2) is 9.59 Å². The van der Waals surface area contributed by atoms with E-state index in [1.165, 1.54) is 12.8 Å². The number of anilines is 2. The lowest BCUT2D eigenvalue weighted by atomic mass is 9.93. The van der Waals surface area contributed by atoms with Gasteiger partial charge in [0.05, 0.1) is 0 Å². The molecule has 0 unspecified atom stereocenters. The second-order valence-corrected chi connectivity index (χ2v) is 11.3. The molecule has 2 fully saturated rings. The van der Waals surface area contributed by atoms with E-state index in [1.54, 1.807) is 0 Å². The summed E-state index contributed by atoms with van der Waals surface area (Å²) >= 11 is 0. The van der Waals surface area contributed by atoms with E-state index in [9.17, 15) is 9.59 Å². The van der Waals surface area contributed by atoms with E-state index in [0.29, 0.717) is 13.1 Å². The van der Waals surface area contributed by atoms with Gasteiger partial charge < -0.3 is 20.4 Å². The zero-order valence-electron chi connectivity index (χ0n) is 23.4. The van der Waals surface area contributed by atoms with Crippen LogP contribution in [-0.2, 0) is 13.1 Å². The number of hydrogen-bond acceptors (Lipinski definition) is 2. The maximum Gasteiger partial charge on any atom is 0.322 e. The molecule has 6 heteroatoms. The fourth-order valence-electron chi connectivity index (χ4n) is 6.17. The second kappa shape index (κ2) is 14.0. The van der Waals surface area contributed by atoms with Gasteiger partial charge in [-0.1, -0.05) is 99.2 Å². The summed E-state index contributed by atoms with van der Waals surface area (Å²) < 4.78 is 0. The van der Waals surface area contributed by atoms with Crippen LogP contribution in [0.1, 0.15) is 75.3 Å². The van der Waals surface area contributed by atoms with Gasteiger partial charge in [0.15, 0.2) is 0 Å². The Labute approximate surface area is 238 Å². The number of nitrogens with one attached hydrogen (secondary N) is 2. The lowest BCUT2D eigenvalue weighted by molar-refractivity contribution is 0.162. The van der Waals surface area contributed by atoms with Crippen LogP contribution >= 0.6 is 0 Å². The Morgan fingerprint density at radius 1 is 0.550 bits per heavy atom. The van der Waals surface area contributed by atoms with Crippen molar-refractivity contribution in [3.8, 4) is 0 Å². The van der Waals surface area contributed by atoms with Gasteiger partial charge >= 0.3 is 12.1 Å². The van der Waals surface area contributed by atoms with E-state index in [1.807, 2.05) is 70.5 Å². The molecule has 0 aromatic heterocycles. The highest BCUT2D eigenvalue weighted by Gasteiger charge is 2.28. The molecule has 0 atom stereocenters. The molecule has 2 aliphatic rings. The normalized spacial score (nSPS) is 16.2. The topological polar surface area (TPSA) is 64.7 Å². The molecule has 0 heterocycles. The highest BCUT2D eigenvalue weighted by Crippen LogP contribution is 2.27. The van der Waals surface area contributed by atoms with E-state index in [4.69, 9.17) is 0 Å². The van der Waals surface area contributed by atoms with Crippen molar-refractivity contribution >= 4 is 23.4 Å². The molecule has 3 aromatic rings. The average Bonchev–Trinajstić information content (AvgIpc) is 3.00. The van der Waals surface area contributed by atoms with Crippen LogP contribution in [0.25, 0.3) is 0 Å². The Kier molecular flexibility index (Phi) is 9.72. The van der Waals surface area contributed by atoms with Crippen molar-refractivity contribution < 1.29 is 9.59 Å². The van der Waals surface area contributed by atoms with Crippen molar-refractivity contribution in [2.45, 2.75) is 89.4 Å². The monoisotopic (exact) mass is 538 g/mol. The minimum absolute atomic E-state index is 0.0467. The number of para-hydroxylation sites is 2. The smallest absolute Gasteiger partial charge is 0.317 e. The van der Waals surface area contributed by atoms with Gasteiger partial charge in [-0.3, -0.25) is 0 Å². The molecule has 6 nitrogen and oxygen atoms in total. The number of amides is 4. The lowest BCUT2D eigenvalue weighted by Crippen LogP contribution is -2.44. The minimum atomic E-state index is -0.0467. The third kappa shape index (κ3) is 7.65. The van der Waals surface area contributed by atoms with Crippen LogP contribution in [0.15, 0.2) is 84.9 Å². The summed E-state index contributed by atoms with van der Waals surface area (Å²) in [5.41, 5.74) is 3.82. The first-order valence-electron chi connectivity index (χ1n) is 15.0. The predicted molar refractivity (Wildman–Crippen MR) is 162 cm³/mol. The Hall–Kier alpha value is -3.80. The summed E-state index contributed by atoms with van der Waals surface area (Å²) in [5, 5.41) is 6.23. The van der Waals surface area contributed by atoms with Gasteiger partial charge in [-0.15, -0.1) is 0 Å². The first-order valence-corrected chi connectivity index (χ1v) is 15.0. The molecule has 2 aliphatic carbocycles. The zero-order chi connectivity index (χ0) is 27.6. The first kappa shape index (κ1) is 27.8. The van der Waals surface area contributed by atoms with Crippen LogP contribution < -0.4 is 10.6 Å². The lowest BCUT2D eigenvalue weighted by Gasteiger charge is -2.35. The highest BCUT2D eigenvalue weighted by atomic mass is 16.2. The third-order valence-electron chi connectivity index (χ3n) is 8.30. The van der Waals surface area contributed by atoms with E-state index in [0.717, 1.165) is 73.9 Å². The van der Waals surface area contributed by atoms with E-state index in [-0.39, 0.29) is 24.1 Å². The summed E-state index contributed by atoms with van der Waals surface area (Å²) in [6.45, 7) is 1.10. The maximum atomic E-state index is 13.5. The average molecular weight is 539 g/mol. The molecule has 210 valence electrons. The summed E-state index contributed by atoms with van der Waals surface area (Å²) in [4.78, 5) is 31.0. The van der Waals surface area contributed by atoms with Gasteiger partial charge in [0.2, 0.25) is 0 Å². The van der Waals surface area contributed by atoms with Gasteiger partial charge in [0, 0.05) is 36.5 Å². The van der Waals surface area contributed by atoms with Crippen molar-refractivity contribution in [1.82, 2.24) is 9.80 Å². The molecule has 3 aromatic carbocycles. The second-order valence-electron chi connectivity index (χ2n) is 11.3. The molecule has 40 heavy (non-hydrogen) atoms. The van der Waals surface area contributed by atoms with Crippen molar-refractivity contribution in [2.24, 2.45) is 0 Å². The molecule has 5 rings (SSSR count). The van der Waals surface area contributed by atoms with Gasteiger partial charge in [0.25, 0.3) is 0 Å². The quantitative estimate of drug-likeness (QED) is 0.302. The minimum Gasteiger partial charge on any atom is -0.317 e. The third-order valence-corrected chi connectivity index (χ3v) is 8.30. The summed E-state index contributed by atoms with van der Waals surface area (Å²) in [6, 6.07) is 28.2. The van der Waals surface area contributed by atoms with Gasteiger partial charge in [-0.2, -0.15) is 0 Å². The van der Waals surface area contributed by atoms with Crippen molar-refractivity contribution in [3.05, 3.63) is 96.1 Å². The predicted octanol–water partition coefficient (Wildman–Crippen LogP) is 8.42. The van der Waals surface area contributed by atoms with E-state index >= 15 is 0 Å². The van der Waals surface area contributed by atoms with Crippen molar-refractivity contribution in [2.75, 3.05) is 10.6 Å². The first-order chi connectivity index (χ1) is 19.7.